The number of alkyl halides is 1. The maximum atomic E-state index is 13.9. The van der Waals surface area contributed by atoms with E-state index >= 15 is 0 Å². The number of hydrogen-bond acceptors (Lipinski definition) is 5. The number of guanidine groups is 1. The van der Waals surface area contributed by atoms with Gasteiger partial charge in [-0.25, -0.2) is 9.37 Å². The first-order valence-electron chi connectivity index (χ1n) is 5.76. The van der Waals surface area contributed by atoms with Crippen LogP contribution < -0.4 is 11.5 Å². The van der Waals surface area contributed by atoms with Crippen LogP contribution in [-0.2, 0) is 4.74 Å². The summed E-state index contributed by atoms with van der Waals surface area (Å²) in [4.78, 5) is 10.0. The summed E-state index contributed by atoms with van der Waals surface area (Å²) in [5, 5.41) is 25.5. The third-order valence-corrected chi connectivity index (χ3v) is 2.88. The van der Waals surface area contributed by atoms with E-state index in [4.69, 9.17) is 26.7 Å². The maximum absolute atomic E-state index is 13.9. The zero-order valence-corrected chi connectivity index (χ0v) is 10.3. The van der Waals surface area contributed by atoms with Crippen molar-refractivity contribution in [1.82, 2.24) is 9.97 Å². The van der Waals surface area contributed by atoms with E-state index in [0.29, 0.717) is 0 Å². The van der Waals surface area contributed by atoms with E-state index in [1.165, 1.54) is 6.20 Å². The molecule has 0 aliphatic carbocycles. The van der Waals surface area contributed by atoms with Crippen molar-refractivity contribution in [3.63, 3.8) is 0 Å². The molecule has 20 heavy (non-hydrogen) atoms. The zero-order valence-electron chi connectivity index (χ0n) is 10.3. The van der Waals surface area contributed by atoms with E-state index in [1.54, 1.807) is 0 Å². The quantitative estimate of drug-likeness (QED) is 0.281. The van der Waals surface area contributed by atoms with E-state index in [0.717, 1.165) is 0 Å². The molecule has 1 saturated heterocycles. The summed E-state index contributed by atoms with van der Waals surface area (Å²) >= 11 is 0. The van der Waals surface area contributed by atoms with Gasteiger partial charge in [0, 0.05) is 0 Å². The number of aliphatic hydroxyl groups excluding tert-OH is 2. The lowest BCUT2D eigenvalue weighted by Crippen LogP contribution is -2.30. The Morgan fingerprint density at radius 3 is 2.85 bits per heavy atom. The summed E-state index contributed by atoms with van der Waals surface area (Å²) in [6.45, 7) is -0.493. The Labute approximate surface area is 113 Å². The molecule has 10 heteroatoms. The molecule has 110 valence electrons. The number of halogens is 1. The summed E-state index contributed by atoms with van der Waals surface area (Å²) in [6, 6.07) is 0. The monoisotopic (exact) mass is 286 g/mol. The van der Waals surface area contributed by atoms with Crippen LogP contribution in [0.4, 0.5) is 4.39 Å². The van der Waals surface area contributed by atoms with Gasteiger partial charge in [-0.3, -0.25) is 5.41 Å². The largest absolute Gasteiger partial charge is 0.394 e. The van der Waals surface area contributed by atoms with Crippen LogP contribution in [0.5, 0.6) is 0 Å². The Hall–Kier alpha value is -2.04. The predicted molar refractivity (Wildman–Crippen MR) is 66.8 cm³/mol. The highest BCUT2D eigenvalue weighted by molar-refractivity contribution is 6.01. The van der Waals surface area contributed by atoms with Crippen LogP contribution in [-0.4, -0.2) is 57.0 Å². The summed E-state index contributed by atoms with van der Waals surface area (Å²) < 4.78 is 19.1. The number of nitrogens with two attached hydrogens (primary N) is 2. The molecule has 1 aromatic heterocycles. The summed E-state index contributed by atoms with van der Waals surface area (Å²) in [5.74, 6) is -0.513. The molecule has 2 heterocycles. The van der Waals surface area contributed by atoms with Crippen LogP contribution in [0.15, 0.2) is 11.2 Å². The number of aliphatic imine (C=N–C) groups is 1. The van der Waals surface area contributed by atoms with Gasteiger partial charge in [0.2, 0.25) is 5.96 Å². The van der Waals surface area contributed by atoms with Crippen molar-refractivity contribution in [2.24, 2.45) is 16.5 Å². The van der Waals surface area contributed by atoms with E-state index in [2.05, 4.69) is 15.0 Å². The van der Waals surface area contributed by atoms with Gasteiger partial charge in [0.15, 0.2) is 17.8 Å². The molecule has 4 unspecified atom stereocenters. The molecule has 8 N–H and O–H groups in total. The molecule has 1 aromatic rings. The van der Waals surface area contributed by atoms with Crippen LogP contribution in [0.25, 0.3) is 0 Å². The lowest BCUT2D eigenvalue weighted by molar-refractivity contribution is -0.0235. The molecule has 1 aliphatic rings. The molecule has 0 saturated carbocycles. The minimum absolute atomic E-state index is 0.105. The molecule has 4 atom stereocenters. The summed E-state index contributed by atoms with van der Waals surface area (Å²) in [7, 11) is 0. The molecular formula is C10H15FN6O3. The van der Waals surface area contributed by atoms with Gasteiger partial charge < -0.3 is 31.4 Å². The SMILES string of the molecule is N=C(N)N=C(N)c1ncc(C2OC(CO)C(O)C2F)[nH]1. The number of imidazole rings is 1. The number of nitrogens with zero attached hydrogens (tertiary/aromatic N) is 2. The van der Waals surface area contributed by atoms with Gasteiger partial charge in [0.05, 0.1) is 18.5 Å². The fourth-order valence-corrected chi connectivity index (χ4v) is 1.92. The number of aromatic amines is 1. The number of amidine groups is 1. The van der Waals surface area contributed by atoms with Gasteiger partial charge in [-0.15, -0.1) is 0 Å². The van der Waals surface area contributed by atoms with Gasteiger partial charge in [0.1, 0.15) is 18.3 Å². The van der Waals surface area contributed by atoms with Crippen LogP contribution in [0, 0.1) is 5.41 Å². The van der Waals surface area contributed by atoms with Crippen molar-refractivity contribution in [2.75, 3.05) is 6.61 Å². The second-order valence-electron chi connectivity index (χ2n) is 4.28. The fourth-order valence-electron chi connectivity index (χ4n) is 1.92. The molecule has 0 radical (unpaired) electrons. The lowest BCUT2D eigenvalue weighted by atomic mass is 10.1. The normalized spacial score (nSPS) is 30.6. The maximum Gasteiger partial charge on any atom is 0.214 e. The van der Waals surface area contributed by atoms with Crippen molar-refractivity contribution >= 4 is 11.8 Å². The molecule has 9 nitrogen and oxygen atoms in total. The average molecular weight is 286 g/mol. The standard InChI is InChI=1S/C10H15FN6O3/c11-5-6(19)4(2-18)20-7(5)3-1-15-9(16-3)8(12)17-10(13)14/h1,4-7,18-19H,2H2,(H,15,16)(H5,12,13,14,17). The number of aromatic nitrogens is 2. The lowest BCUT2D eigenvalue weighted by Gasteiger charge is -2.10. The summed E-state index contributed by atoms with van der Waals surface area (Å²) in [6.07, 6.45) is -3.92. The minimum Gasteiger partial charge on any atom is -0.394 e. The Morgan fingerprint density at radius 2 is 2.30 bits per heavy atom. The third-order valence-electron chi connectivity index (χ3n) is 2.88. The van der Waals surface area contributed by atoms with E-state index < -0.39 is 37.1 Å². The van der Waals surface area contributed by atoms with Gasteiger partial charge in [-0.05, 0) is 0 Å². The number of nitrogens with one attached hydrogen (secondary N) is 2. The van der Waals surface area contributed by atoms with Crippen LogP contribution in [0.3, 0.4) is 0 Å². The van der Waals surface area contributed by atoms with Crippen molar-refractivity contribution in [3.05, 3.63) is 17.7 Å². The Bertz CT molecular complexity index is 533. The molecule has 0 spiro atoms. The highest BCUT2D eigenvalue weighted by Gasteiger charge is 2.45. The van der Waals surface area contributed by atoms with Gasteiger partial charge in [0.25, 0.3) is 0 Å². The molecule has 2 rings (SSSR count). The first-order valence-corrected chi connectivity index (χ1v) is 5.76. The Balaban J connectivity index is 2.19. The Morgan fingerprint density at radius 1 is 1.60 bits per heavy atom. The molecular weight excluding hydrogens is 271 g/mol. The van der Waals surface area contributed by atoms with Gasteiger partial charge in [-0.2, -0.15) is 4.99 Å². The number of ether oxygens (including phenoxy) is 1. The Kier molecular flexibility index (Phi) is 3.97. The van der Waals surface area contributed by atoms with E-state index in [1.807, 2.05) is 0 Å². The number of hydrogen-bond donors (Lipinski definition) is 6. The zero-order chi connectivity index (χ0) is 14.9. The van der Waals surface area contributed by atoms with Crippen LogP contribution in [0.1, 0.15) is 17.6 Å². The number of rotatable bonds is 3. The first kappa shape index (κ1) is 14.4. The fraction of sp³-hybridized carbons (Fsp3) is 0.500. The topological polar surface area (TPSA) is 167 Å². The summed E-state index contributed by atoms with van der Waals surface area (Å²) in [5.41, 5.74) is 10.8. The average Bonchev–Trinajstić information content (AvgIpc) is 2.96. The van der Waals surface area contributed by atoms with Crippen LogP contribution in [0.2, 0.25) is 0 Å². The second kappa shape index (κ2) is 5.53. The second-order valence-corrected chi connectivity index (χ2v) is 4.28. The van der Waals surface area contributed by atoms with Gasteiger partial charge >= 0.3 is 0 Å². The number of aliphatic hydroxyl groups is 2. The van der Waals surface area contributed by atoms with Crippen molar-refractivity contribution in [2.45, 2.75) is 24.5 Å². The van der Waals surface area contributed by atoms with Crippen molar-refractivity contribution < 1.29 is 19.3 Å². The number of H-pyrrole nitrogens is 1. The minimum atomic E-state index is -1.70. The molecule has 0 amide bonds. The van der Waals surface area contributed by atoms with Gasteiger partial charge in [-0.1, -0.05) is 0 Å². The smallest absolute Gasteiger partial charge is 0.214 e. The third kappa shape index (κ3) is 2.61. The molecule has 1 fully saturated rings. The molecule has 0 aromatic carbocycles. The molecule has 0 bridgehead atoms. The predicted octanol–water partition coefficient (Wildman–Crippen LogP) is -1.86. The van der Waals surface area contributed by atoms with E-state index in [-0.39, 0.29) is 17.4 Å². The highest BCUT2D eigenvalue weighted by atomic mass is 19.1. The molecule has 1 aliphatic heterocycles. The van der Waals surface area contributed by atoms with Crippen molar-refractivity contribution in [1.29, 1.82) is 5.41 Å². The van der Waals surface area contributed by atoms with Crippen LogP contribution >= 0.6 is 0 Å². The first-order chi connectivity index (χ1) is 9.43. The van der Waals surface area contributed by atoms with Crippen molar-refractivity contribution in [3.8, 4) is 0 Å². The highest BCUT2D eigenvalue weighted by Crippen LogP contribution is 2.34. The van der Waals surface area contributed by atoms with E-state index in [9.17, 15) is 9.50 Å².